The van der Waals surface area contributed by atoms with Crippen molar-refractivity contribution in [2.75, 3.05) is 23.7 Å². The molecule has 0 aliphatic rings. The summed E-state index contributed by atoms with van der Waals surface area (Å²) in [6.45, 7) is 9.77. The molecular formula is C25H35N3O4S. The third kappa shape index (κ3) is 7.32. The molecule has 0 spiro atoms. The van der Waals surface area contributed by atoms with Crippen molar-refractivity contribution in [2.24, 2.45) is 0 Å². The van der Waals surface area contributed by atoms with Crippen molar-refractivity contribution in [3.8, 4) is 0 Å². The molecule has 1 atom stereocenters. The van der Waals surface area contributed by atoms with Gasteiger partial charge in [0, 0.05) is 13.1 Å². The molecule has 2 amide bonds. The van der Waals surface area contributed by atoms with Crippen LogP contribution in [0.1, 0.15) is 50.3 Å². The Morgan fingerprint density at radius 3 is 2.18 bits per heavy atom. The monoisotopic (exact) mass is 473 g/mol. The Kier molecular flexibility index (Phi) is 9.05. The van der Waals surface area contributed by atoms with Crippen molar-refractivity contribution in [1.82, 2.24) is 10.2 Å². The Bertz CT molecular complexity index is 1070. The minimum absolute atomic E-state index is 0.197. The molecule has 2 aromatic rings. The lowest BCUT2D eigenvalue weighted by atomic mass is 10.0. The molecule has 0 radical (unpaired) electrons. The standard InChI is InChI=1S/C25H35N3O4S/c1-7-26-25(30)20(5)27(16-21-10-8-9-19(4)15-21)24(29)17-28(33(6,31)32)23-13-11-22(12-14-23)18(2)3/h8-15,18,20H,7,16-17H2,1-6H3,(H,26,30). The highest BCUT2D eigenvalue weighted by Gasteiger charge is 2.29. The molecule has 2 rings (SSSR count). The van der Waals surface area contributed by atoms with Crippen LogP contribution >= 0.6 is 0 Å². The first kappa shape index (κ1) is 26.4. The molecule has 0 fully saturated rings. The predicted octanol–water partition coefficient (Wildman–Crippen LogP) is 3.44. The van der Waals surface area contributed by atoms with Crippen molar-refractivity contribution < 1.29 is 18.0 Å². The van der Waals surface area contributed by atoms with Gasteiger partial charge in [-0.05, 0) is 49.9 Å². The van der Waals surface area contributed by atoms with Gasteiger partial charge in [0.05, 0.1) is 11.9 Å². The summed E-state index contributed by atoms with van der Waals surface area (Å²) in [6.07, 6.45) is 1.08. The number of hydrogen-bond donors (Lipinski definition) is 1. The highest BCUT2D eigenvalue weighted by atomic mass is 32.2. The van der Waals surface area contributed by atoms with Crippen LogP contribution in [-0.2, 0) is 26.2 Å². The number of aryl methyl sites for hydroxylation is 1. The zero-order valence-corrected chi connectivity index (χ0v) is 21.1. The Morgan fingerprint density at radius 1 is 1.03 bits per heavy atom. The van der Waals surface area contributed by atoms with E-state index in [0.717, 1.165) is 27.3 Å². The highest BCUT2D eigenvalue weighted by Crippen LogP contribution is 2.23. The molecule has 8 heteroatoms. The predicted molar refractivity (Wildman–Crippen MR) is 133 cm³/mol. The maximum Gasteiger partial charge on any atom is 0.244 e. The van der Waals surface area contributed by atoms with Gasteiger partial charge in [0.1, 0.15) is 12.6 Å². The van der Waals surface area contributed by atoms with Crippen molar-refractivity contribution in [3.05, 3.63) is 65.2 Å². The van der Waals surface area contributed by atoms with E-state index in [4.69, 9.17) is 0 Å². The van der Waals surface area contributed by atoms with Crippen LogP contribution in [0, 0.1) is 6.92 Å². The summed E-state index contributed by atoms with van der Waals surface area (Å²) < 4.78 is 26.3. The molecule has 0 aromatic heterocycles. The largest absolute Gasteiger partial charge is 0.355 e. The van der Waals surface area contributed by atoms with Gasteiger partial charge in [-0.25, -0.2) is 8.42 Å². The van der Waals surface area contributed by atoms with Crippen molar-refractivity contribution in [3.63, 3.8) is 0 Å². The normalized spacial score (nSPS) is 12.3. The van der Waals surface area contributed by atoms with E-state index in [9.17, 15) is 18.0 Å². The van der Waals surface area contributed by atoms with Gasteiger partial charge < -0.3 is 10.2 Å². The van der Waals surface area contributed by atoms with Crippen LogP contribution in [0.15, 0.2) is 48.5 Å². The number of carbonyl (C=O) groups excluding carboxylic acids is 2. The molecule has 180 valence electrons. The first-order valence-corrected chi connectivity index (χ1v) is 13.0. The van der Waals surface area contributed by atoms with E-state index in [-0.39, 0.29) is 12.5 Å². The Hall–Kier alpha value is -2.87. The van der Waals surface area contributed by atoms with E-state index in [1.54, 1.807) is 19.1 Å². The first-order chi connectivity index (χ1) is 15.4. The number of anilines is 1. The minimum atomic E-state index is -3.73. The quantitative estimate of drug-likeness (QED) is 0.573. The lowest BCUT2D eigenvalue weighted by Gasteiger charge is -2.31. The second-order valence-electron chi connectivity index (χ2n) is 8.60. The van der Waals surface area contributed by atoms with Gasteiger partial charge in [-0.3, -0.25) is 13.9 Å². The number of hydrogen-bond acceptors (Lipinski definition) is 4. The number of benzene rings is 2. The fourth-order valence-electron chi connectivity index (χ4n) is 3.55. The molecule has 0 bridgehead atoms. The lowest BCUT2D eigenvalue weighted by molar-refractivity contribution is -0.139. The molecule has 0 aliphatic carbocycles. The average molecular weight is 474 g/mol. The molecule has 0 heterocycles. The summed E-state index contributed by atoms with van der Waals surface area (Å²) >= 11 is 0. The summed E-state index contributed by atoms with van der Waals surface area (Å²) in [5, 5.41) is 2.75. The Morgan fingerprint density at radius 2 is 1.67 bits per heavy atom. The minimum Gasteiger partial charge on any atom is -0.355 e. The number of nitrogens with one attached hydrogen (secondary N) is 1. The fraction of sp³-hybridized carbons (Fsp3) is 0.440. The maximum atomic E-state index is 13.4. The number of likely N-dealkylation sites (N-methyl/N-ethyl adjacent to an activating group) is 1. The Labute approximate surface area is 197 Å². The molecule has 33 heavy (non-hydrogen) atoms. The van der Waals surface area contributed by atoms with Crippen LogP contribution in [0.4, 0.5) is 5.69 Å². The second-order valence-corrected chi connectivity index (χ2v) is 10.5. The van der Waals surface area contributed by atoms with Crippen LogP contribution in [0.2, 0.25) is 0 Å². The average Bonchev–Trinajstić information content (AvgIpc) is 2.74. The molecule has 1 N–H and O–H groups in total. The maximum absolute atomic E-state index is 13.4. The van der Waals surface area contributed by atoms with E-state index >= 15 is 0 Å². The second kappa shape index (κ2) is 11.3. The van der Waals surface area contributed by atoms with Gasteiger partial charge in [0.2, 0.25) is 21.8 Å². The van der Waals surface area contributed by atoms with Crippen LogP contribution in [0.25, 0.3) is 0 Å². The van der Waals surface area contributed by atoms with E-state index in [1.807, 2.05) is 50.2 Å². The number of nitrogens with zero attached hydrogens (tertiary/aromatic N) is 2. The third-order valence-electron chi connectivity index (χ3n) is 5.48. The summed E-state index contributed by atoms with van der Waals surface area (Å²) in [7, 11) is -3.73. The van der Waals surface area contributed by atoms with Gasteiger partial charge >= 0.3 is 0 Å². The molecule has 1 unspecified atom stereocenters. The van der Waals surface area contributed by atoms with E-state index in [0.29, 0.717) is 18.2 Å². The molecule has 0 aliphatic heterocycles. The van der Waals surface area contributed by atoms with Gasteiger partial charge in [-0.2, -0.15) is 0 Å². The number of amides is 2. The zero-order chi connectivity index (χ0) is 24.8. The number of carbonyl (C=O) groups is 2. The molecular weight excluding hydrogens is 438 g/mol. The SMILES string of the molecule is CCNC(=O)C(C)N(Cc1cccc(C)c1)C(=O)CN(c1ccc(C(C)C)cc1)S(C)(=O)=O. The summed E-state index contributed by atoms with van der Waals surface area (Å²) in [6, 6.07) is 14.1. The van der Waals surface area contributed by atoms with Gasteiger partial charge in [0.25, 0.3) is 0 Å². The van der Waals surface area contributed by atoms with Crippen LogP contribution in [0.5, 0.6) is 0 Å². The number of rotatable bonds is 10. The topological polar surface area (TPSA) is 86.8 Å². The molecule has 2 aromatic carbocycles. The van der Waals surface area contributed by atoms with Crippen molar-refractivity contribution in [1.29, 1.82) is 0 Å². The first-order valence-electron chi connectivity index (χ1n) is 11.1. The van der Waals surface area contributed by atoms with Crippen molar-refractivity contribution >= 4 is 27.5 Å². The van der Waals surface area contributed by atoms with Crippen LogP contribution in [0.3, 0.4) is 0 Å². The van der Waals surface area contributed by atoms with Crippen LogP contribution < -0.4 is 9.62 Å². The summed E-state index contributed by atoms with van der Waals surface area (Å²) in [5.41, 5.74) is 3.39. The van der Waals surface area contributed by atoms with Gasteiger partial charge in [0.15, 0.2) is 0 Å². The van der Waals surface area contributed by atoms with Gasteiger partial charge in [-0.1, -0.05) is 55.8 Å². The molecule has 7 nitrogen and oxygen atoms in total. The van der Waals surface area contributed by atoms with Crippen molar-refractivity contribution in [2.45, 2.75) is 53.1 Å². The van der Waals surface area contributed by atoms with Gasteiger partial charge in [-0.15, -0.1) is 0 Å². The molecule has 0 saturated carbocycles. The van der Waals surface area contributed by atoms with E-state index in [2.05, 4.69) is 19.2 Å². The smallest absolute Gasteiger partial charge is 0.244 e. The van der Waals surface area contributed by atoms with E-state index < -0.39 is 28.5 Å². The molecule has 0 saturated heterocycles. The summed E-state index contributed by atoms with van der Waals surface area (Å²) in [4.78, 5) is 27.4. The highest BCUT2D eigenvalue weighted by molar-refractivity contribution is 7.92. The fourth-order valence-corrected chi connectivity index (χ4v) is 4.40. The summed E-state index contributed by atoms with van der Waals surface area (Å²) in [5.74, 6) is -0.436. The Balaban J connectivity index is 2.37. The third-order valence-corrected chi connectivity index (χ3v) is 6.62. The zero-order valence-electron chi connectivity index (χ0n) is 20.3. The number of sulfonamides is 1. The lowest BCUT2D eigenvalue weighted by Crippen LogP contribution is -2.51. The van der Waals surface area contributed by atoms with Crippen LogP contribution in [-0.4, -0.2) is 50.5 Å². The van der Waals surface area contributed by atoms with E-state index in [1.165, 1.54) is 4.90 Å².